The molecule has 0 unspecified atom stereocenters. The molecule has 5 heteroatoms. The molecular formula is C21H25N3O2. The summed E-state index contributed by atoms with van der Waals surface area (Å²) in [5.74, 6) is 2.58. The van der Waals surface area contributed by atoms with Gasteiger partial charge in [-0.3, -0.25) is 0 Å². The molecule has 0 aliphatic carbocycles. The highest BCUT2D eigenvalue weighted by molar-refractivity contribution is 5.60. The van der Waals surface area contributed by atoms with Crippen LogP contribution < -0.4 is 15.2 Å². The van der Waals surface area contributed by atoms with Crippen molar-refractivity contribution >= 4 is 0 Å². The molecule has 0 aliphatic rings. The Kier molecular flexibility index (Phi) is 5.58. The first-order chi connectivity index (χ1) is 12.6. The van der Waals surface area contributed by atoms with Crippen LogP contribution in [0, 0.1) is 0 Å². The van der Waals surface area contributed by atoms with Gasteiger partial charge in [-0.1, -0.05) is 12.1 Å². The highest BCUT2D eigenvalue weighted by Gasteiger charge is 2.16. The lowest BCUT2D eigenvalue weighted by atomic mass is 10.1. The van der Waals surface area contributed by atoms with E-state index in [1.54, 1.807) is 7.11 Å². The Morgan fingerprint density at radius 1 is 1.04 bits per heavy atom. The molecule has 0 spiro atoms. The van der Waals surface area contributed by atoms with Crippen molar-refractivity contribution in [2.75, 3.05) is 13.7 Å². The van der Waals surface area contributed by atoms with Crippen molar-refractivity contribution < 1.29 is 9.47 Å². The molecular weight excluding hydrogens is 326 g/mol. The minimum absolute atomic E-state index is 0.176. The molecule has 2 aromatic carbocycles. The van der Waals surface area contributed by atoms with Gasteiger partial charge in [-0.2, -0.15) is 0 Å². The van der Waals surface area contributed by atoms with Gasteiger partial charge in [0.15, 0.2) is 0 Å². The Morgan fingerprint density at radius 2 is 1.69 bits per heavy atom. The molecule has 0 saturated heterocycles. The van der Waals surface area contributed by atoms with E-state index in [2.05, 4.69) is 9.55 Å². The molecule has 1 atom stereocenters. The molecule has 0 radical (unpaired) electrons. The van der Waals surface area contributed by atoms with Crippen LogP contribution in [0.25, 0.3) is 11.3 Å². The van der Waals surface area contributed by atoms with E-state index in [-0.39, 0.29) is 6.04 Å². The van der Waals surface area contributed by atoms with Crippen LogP contribution in [0.2, 0.25) is 0 Å². The average molecular weight is 351 g/mol. The summed E-state index contributed by atoms with van der Waals surface area (Å²) in [7, 11) is 3.67. The summed E-state index contributed by atoms with van der Waals surface area (Å²) in [6.45, 7) is 2.64. The summed E-state index contributed by atoms with van der Waals surface area (Å²) in [4.78, 5) is 4.56. The number of nitrogens with two attached hydrogens (primary N) is 1. The lowest BCUT2D eigenvalue weighted by molar-refractivity contribution is 0.340. The summed E-state index contributed by atoms with van der Waals surface area (Å²) in [5, 5.41) is 0. The summed E-state index contributed by atoms with van der Waals surface area (Å²) in [5.41, 5.74) is 9.70. The largest absolute Gasteiger partial charge is 0.497 e. The standard InChI is InChI=1S/C21H25N3O2/c1-4-26-18-11-7-16(8-12-18)20-14-23-21(24(20)2)19(22)13-15-5-9-17(25-3)10-6-15/h5-12,14,19H,4,13,22H2,1-3H3/t19-/m0/s1. The van der Waals surface area contributed by atoms with E-state index in [1.165, 1.54) is 0 Å². The van der Waals surface area contributed by atoms with Crippen molar-refractivity contribution in [3.05, 3.63) is 66.1 Å². The molecule has 1 aromatic heterocycles. The van der Waals surface area contributed by atoms with E-state index in [0.29, 0.717) is 6.61 Å². The fraction of sp³-hybridized carbons (Fsp3) is 0.286. The SMILES string of the molecule is CCOc1ccc(-c2cnc([C@@H](N)Cc3ccc(OC)cc3)n2C)cc1. The van der Waals surface area contributed by atoms with Crippen LogP contribution in [0.4, 0.5) is 0 Å². The first kappa shape index (κ1) is 18.0. The van der Waals surface area contributed by atoms with Crippen LogP contribution in [0.5, 0.6) is 11.5 Å². The van der Waals surface area contributed by atoms with Gasteiger partial charge >= 0.3 is 0 Å². The van der Waals surface area contributed by atoms with Gasteiger partial charge in [0.25, 0.3) is 0 Å². The zero-order valence-electron chi connectivity index (χ0n) is 15.5. The van der Waals surface area contributed by atoms with E-state index in [9.17, 15) is 0 Å². The molecule has 3 aromatic rings. The molecule has 3 rings (SSSR count). The average Bonchev–Trinajstić information content (AvgIpc) is 3.05. The van der Waals surface area contributed by atoms with Crippen LogP contribution >= 0.6 is 0 Å². The second-order valence-electron chi connectivity index (χ2n) is 6.18. The molecule has 26 heavy (non-hydrogen) atoms. The van der Waals surface area contributed by atoms with Gasteiger partial charge < -0.3 is 19.8 Å². The number of ether oxygens (including phenoxy) is 2. The van der Waals surface area contributed by atoms with Crippen LogP contribution in [0.15, 0.2) is 54.7 Å². The number of nitrogens with zero attached hydrogens (tertiary/aromatic N) is 2. The van der Waals surface area contributed by atoms with E-state index in [1.807, 2.05) is 68.7 Å². The van der Waals surface area contributed by atoms with Crippen molar-refractivity contribution in [2.45, 2.75) is 19.4 Å². The van der Waals surface area contributed by atoms with Crippen molar-refractivity contribution in [3.8, 4) is 22.8 Å². The summed E-state index contributed by atoms with van der Waals surface area (Å²) in [6, 6.07) is 15.8. The zero-order valence-corrected chi connectivity index (χ0v) is 15.5. The molecule has 0 amide bonds. The van der Waals surface area contributed by atoms with Gasteiger partial charge in [0, 0.05) is 12.6 Å². The van der Waals surface area contributed by atoms with Crippen LogP contribution in [-0.4, -0.2) is 23.3 Å². The third kappa shape index (κ3) is 3.89. The summed E-state index contributed by atoms with van der Waals surface area (Å²) < 4.78 is 12.8. The molecule has 0 fully saturated rings. The molecule has 5 nitrogen and oxygen atoms in total. The minimum Gasteiger partial charge on any atom is -0.497 e. The highest BCUT2D eigenvalue weighted by atomic mass is 16.5. The van der Waals surface area contributed by atoms with Crippen molar-refractivity contribution in [1.29, 1.82) is 0 Å². The van der Waals surface area contributed by atoms with Crippen LogP contribution in [0.1, 0.15) is 24.4 Å². The predicted molar refractivity (Wildman–Crippen MR) is 103 cm³/mol. The van der Waals surface area contributed by atoms with E-state index >= 15 is 0 Å². The first-order valence-corrected chi connectivity index (χ1v) is 8.75. The third-order valence-corrected chi connectivity index (χ3v) is 4.43. The van der Waals surface area contributed by atoms with E-state index < -0.39 is 0 Å². The van der Waals surface area contributed by atoms with Gasteiger partial charge in [-0.25, -0.2) is 4.98 Å². The maximum atomic E-state index is 6.42. The molecule has 2 N–H and O–H groups in total. The van der Waals surface area contributed by atoms with Crippen LogP contribution in [-0.2, 0) is 13.5 Å². The van der Waals surface area contributed by atoms with Crippen LogP contribution in [0.3, 0.4) is 0 Å². The van der Waals surface area contributed by atoms with E-state index in [0.717, 1.165) is 40.6 Å². The van der Waals surface area contributed by atoms with Gasteiger partial charge in [-0.15, -0.1) is 0 Å². The normalized spacial score (nSPS) is 12.0. The third-order valence-electron chi connectivity index (χ3n) is 4.43. The van der Waals surface area contributed by atoms with Gasteiger partial charge in [0.1, 0.15) is 17.3 Å². The van der Waals surface area contributed by atoms with Gasteiger partial charge in [0.05, 0.1) is 31.6 Å². The lowest BCUT2D eigenvalue weighted by Crippen LogP contribution is -2.18. The number of hydrogen-bond acceptors (Lipinski definition) is 4. The fourth-order valence-corrected chi connectivity index (χ4v) is 3.03. The maximum absolute atomic E-state index is 6.42. The van der Waals surface area contributed by atoms with E-state index in [4.69, 9.17) is 15.2 Å². The van der Waals surface area contributed by atoms with Crippen molar-refractivity contribution in [2.24, 2.45) is 12.8 Å². The molecule has 0 saturated carbocycles. The summed E-state index contributed by atoms with van der Waals surface area (Å²) >= 11 is 0. The molecule has 1 heterocycles. The number of hydrogen-bond donors (Lipinski definition) is 1. The molecule has 0 aliphatic heterocycles. The smallest absolute Gasteiger partial charge is 0.126 e. The Hall–Kier alpha value is -2.79. The number of benzene rings is 2. The lowest BCUT2D eigenvalue weighted by Gasteiger charge is -2.13. The highest BCUT2D eigenvalue weighted by Crippen LogP contribution is 2.25. The Bertz CT molecular complexity index is 839. The predicted octanol–water partition coefficient (Wildman–Crippen LogP) is 3.74. The quantitative estimate of drug-likeness (QED) is 0.704. The Morgan fingerprint density at radius 3 is 2.31 bits per heavy atom. The zero-order chi connectivity index (χ0) is 18.5. The topological polar surface area (TPSA) is 62.3 Å². The van der Waals surface area contributed by atoms with Crippen molar-refractivity contribution in [3.63, 3.8) is 0 Å². The summed E-state index contributed by atoms with van der Waals surface area (Å²) in [6.07, 6.45) is 2.59. The number of aromatic nitrogens is 2. The minimum atomic E-state index is -0.176. The van der Waals surface area contributed by atoms with Gasteiger partial charge in [0.2, 0.25) is 0 Å². The number of imidazole rings is 1. The molecule has 0 bridgehead atoms. The Labute approximate surface area is 154 Å². The Balaban J connectivity index is 1.76. The second kappa shape index (κ2) is 8.06. The van der Waals surface area contributed by atoms with Gasteiger partial charge in [-0.05, 0) is 55.3 Å². The molecule has 136 valence electrons. The fourth-order valence-electron chi connectivity index (χ4n) is 3.03. The van der Waals surface area contributed by atoms with Crippen molar-refractivity contribution in [1.82, 2.24) is 9.55 Å². The number of methoxy groups -OCH3 is 1. The first-order valence-electron chi connectivity index (χ1n) is 8.75. The maximum Gasteiger partial charge on any atom is 0.126 e. The number of rotatable bonds is 7. The second-order valence-corrected chi connectivity index (χ2v) is 6.18. The monoisotopic (exact) mass is 351 g/mol.